The number of carboxylic acids is 1. The summed E-state index contributed by atoms with van der Waals surface area (Å²) < 4.78 is 45.5. The molecule has 0 fully saturated rings. The number of aliphatic carboxylic acids is 1. The first kappa shape index (κ1) is 18.2. The Morgan fingerprint density at radius 2 is 1.85 bits per heavy atom. The SMILES string of the molecule is O=C(O)CNC(=O)c1nc(C(F)(F)F)c2c(-c3ccccc3)noc2c1O. The van der Waals surface area contributed by atoms with E-state index < -0.39 is 52.7 Å². The first-order chi connectivity index (χ1) is 12.7. The summed E-state index contributed by atoms with van der Waals surface area (Å²) in [5.74, 6) is -3.71. The highest BCUT2D eigenvalue weighted by Gasteiger charge is 2.40. The van der Waals surface area contributed by atoms with Crippen LogP contribution in [0.5, 0.6) is 5.75 Å². The van der Waals surface area contributed by atoms with E-state index in [1.54, 1.807) is 18.2 Å². The largest absolute Gasteiger partial charge is 0.503 e. The van der Waals surface area contributed by atoms with Crippen LogP contribution in [0.3, 0.4) is 0 Å². The molecule has 1 aromatic carbocycles. The van der Waals surface area contributed by atoms with Crippen molar-refractivity contribution in [2.75, 3.05) is 6.54 Å². The molecule has 0 aliphatic carbocycles. The van der Waals surface area contributed by atoms with E-state index in [1.807, 2.05) is 5.32 Å². The molecule has 8 nitrogen and oxygen atoms in total. The van der Waals surface area contributed by atoms with Gasteiger partial charge in [-0.05, 0) is 0 Å². The zero-order valence-corrected chi connectivity index (χ0v) is 13.2. The highest BCUT2D eigenvalue weighted by molar-refractivity contribution is 6.04. The van der Waals surface area contributed by atoms with Crippen LogP contribution in [-0.2, 0) is 11.0 Å². The lowest BCUT2D eigenvalue weighted by atomic mass is 10.1. The van der Waals surface area contributed by atoms with Gasteiger partial charge in [0.2, 0.25) is 5.58 Å². The van der Waals surface area contributed by atoms with Gasteiger partial charge in [-0.2, -0.15) is 13.2 Å². The number of benzene rings is 1. The van der Waals surface area contributed by atoms with Gasteiger partial charge in [0.15, 0.2) is 17.1 Å². The van der Waals surface area contributed by atoms with E-state index in [9.17, 15) is 27.9 Å². The Hall–Kier alpha value is -3.63. The number of alkyl halides is 3. The zero-order valence-electron chi connectivity index (χ0n) is 13.2. The number of nitrogens with one attached hydrogen (secondary N) is 1. The van der Waals surface area contributed by atoms with E-state index in [4.69, 9.17) is 9.63 Å². The fourth-order valence-corrected chi connectivity index (χ4v) is 2.40. The van der Waals surface area contributed by atoms with Crippen LogP contribution in [0.4, 0.5) is 13.2 Å². The molecule has 3 aromatic rings. The number of carbonyl (C=O) groups is 2. The van der Waals surface area contributed by atoms with Gasteiger partial charge in [-0.25, -0.2) is 4.98 Å². The number of fused-ring (bicyclic) bond motifs is 1. The summed E-state index contributed by atoms with van der Waals surface area (Å²) in [6.07, 6.45) is -5.00. The summed E-state index contributed by atoms with van der Waals surface area (Å²) in [5.41, 5.74) is -3.12. The lowest BCUT2D eigenvalue weighted by molar-refractivity contribution is -0.140. The van der Waals surface area contributed by atoms with Crippen LogP contribution < -0.4 is 5.32 Å². The number of carboxylic acid groups (broad SMARTS) is 1. The molecule has 3 N–H and O–H groups in total. The van der Waals surface area contributed by atoms with Crippen LogP contribution in [0.25, 0.3) is 22.2 Å². The third-order valence-electron chi connectivity index (χ3n) is 3.52. The van der Waals surface area contributed by atoms with E-state index in [-0.39, 0.29) is 11.3 Å². The molecule has 0 saturated carbocycles. The number of nitrogens with zero attached hydrogens (tertiary/aromatic N) is 2. The van der Waals surface area contributed by atoms with E-state index >= 15 is 0 Å². The molecule has 0 bridgehead atoms. The summed E-state index contributed by atoms with van der Waals surface area (Å²) in [7, 11) is 0. The van der Waals surface area contributed by atoms with Crippen LogP contribution in [0.2, 0.25) is 0 Å². The van der Waals surface area contributed by atoms with Crippen LogP contribution in [0.1, 0.15) is 16.2 Å². The van der Waals surface area contributed by atoms with Crippen LogP contribution >= 0.6 is 0 Å². The van der Waals surface area contributed by atoms with Gasteiger partial charge in [0, 0.05) is 5.56 Å². The van der Waals surface area contributed by atoms with Crippen molar-refractivity contribution >= 4 is 22.8 Å². The summed E-state index contributed by atoms with van der Waals surface area (Å²) in [6.45, 7) is -0.870. The molecule has 3 rings (SSSR count). The third kappa shape index (κ3) is 3.38. The smallest absolute Gasteiger partial charge is 0.434 e. The fraction of sp³-hybridized carbons (Fsp3) is 0.125. The maximum absolute atomic E-state index is 13.5. The number of rotatable bonds is 4. The van der Waals surface area contributed by atoms with Gasteiger partial charge >= 0.3 is 12.1 Å². The average Bonchev–Trinajstić information content (AvgIpc) is 3.05. The Labute approximate surface area is 148 Å². The van der Waals surface area contributed by atoms with Gasteiger partial charge in [-0.1, -0.05) is 35.5 Å². The molecule has 0 radical (unpaired) electrons. The van der Waals surface area contributed by atoms with Crippen LogP contribution in [0.15, 0.2) is 34.9 Å². The molecule has 0 atom stereocenters. The van der Waals surface area contributed by atoms with Crippen molar-refractivity contribution in [3.63, 3.8) is 0 Å². The Bertz CT molecular complexity index is 1030. The first-order valence-electron chi connectivity index (χ1n) is 7.35. The van der Waals surface area contributed by atoms with E-state index in [0.717, 1.165) is 0 Å². The van der Waals surface area contributed by atoms with Crippen molar-refractivity contribution in [3.8, 4) is 17.0 Å². The number of hydrogen-bond donors (Lipinski definition) is 3. The highest BCUT2D eigenvalue weighted by Crippen LogP contribution is 2.42. The molecule has 11 heteroatoms. The van der Waals surface area contributed by atoms with Gasteiger partial charge in [0.25, 0.3) is 5.91 Å². The average molecular weight is 381 g/mol. The van der Waals surface area contributed by atoms with Crippen molar-refractivity contribution in [2.45, 2.75) is 6.18 Å². The van der Waals surface area contributed by atoms with Crippen molar-refractivity contribution in [2.24, 2.45) is 0 Å². The Morgan fingerprint density at radius 3 is 2.44 bits per heavy atom. The molecule has 2 aromatic heterocycles. The van der Waals surface area contributed by atoms with E-state index in [1.165, 1.54) is 12.1 Å². The molecule has 27 heavy (non-hydrogen) atoms. The number of amides is 1. The second-order valence-electron chi connectivity index (χ2n) is 5.33. The molecule has 0 unspecified atom stereocenters. The van der Waals surface area contributed by atoms with E-state index in [2.05, 4.69) is 10.1 Å². The lowest BCUT2D eigenvalue weighted by Gasteiger charge is -2.11. The molecule has 2 heterocycles. The molecule has 1 amide bonds. The van der Waals surface area contributed by atoms with E-state index in [0.29, 0.717) is 0 Å². The minimum absolute atomic E-state index is 0.210. The summed E-state index contributed by atoms with van der Waals surface area (Å²) in [6, 6.07) is 7.77. The number of carbonyl (C=O) groups excluding carboxylic acids is 1. The van der Waals surface area contributed by atoms with Crippen molar-refractivity contribution in [1.82, 2.24) is 15.5 Å². The van der Waals surface area contributed by atoms with Gasteiger partial charge < -0.3 is 20.1 Å². The Balaban J connectivity index is 2.24. The monoisotopic (exact) mass is 381 g/mol. The normalized spacial score (nSPS) is 11.5. The second-order valence-corrected chi connectivity index (χ2v) is 5.33. The predicted molar refractivity (Wildman–Crippen MR) is 83.9 cm³/mol. The second kappa shape index (κ2) is 6.59. The minimum atomic E-state index is -5.00. The molecule has 0 spiro atoms. The van der Waals surface area contributed by atoms with Crippen LogP contribution in [-0.4, -0.2) is 38.8 Å². The minimum Gasteiger partial charge on any atom is -0.503 e. The molecular weight excluding hydrogens is 371 g/mol. The van der Waals surface area contributed by atoms with Crippen molar-refractivity contribution < 1.29 is 37.5 Å². The topological polar surface area (TPSA) is 126 Å². The molecule has 0 aliphatic heterocycles. The lowest BCUT2D eigenvalue weighted by Crippen LogP contribution is -2.30. The predicted octanol–water partition coefficient (Wildman–Crippen LogP) is 2.43. The molecule has 0 aliphatic rings. The maximum Gasteiger partial charge on any atom is 0.434 e. The standard InChI is InChI=1S/C16H10F3N3O5/c17-16(18,19)14-9-10(7-4-2-1-3-5-7)22-27-13(9)12(25)11(21-14)15(26)20-6-8(23)24/h1-5,25H,6H2,(H,20,26)(H,23,24). The number of hydrogen-bond acceptors (Lipinski definition) is 6. The number of pyridine rings is 1. The van der Waals surface area contributed by atoms with Gasteiger partial charge in [-0.3, -0.25) is 9.59 Å². The molecular formula is C16H10F3N3O5. The van der Waals surface area contributed by atoms with Gasteiger partial charge in [-0.15, -0.1) is 0 Å². The van der Waals surface area contributed by atoms with Crippen molar-refractivity contribution in [3.05, 3.63) is 41.7 Å². The summed E-state index contributed by atoms with van der Waals surface area (Å²) in [5, 5.41) is 23.5. The maximum atomic E-state index is 13.5. The summed E-state index contributed by atoms with van der Waals surface area (Å²) >= 11 is 0. The highest BCUT2D eigenvalue weighted by atomic mass is 19.4. The van der Waals surface area contributed by atoms with Gasteiger partial charge in [0.05, 0.1) is 5.39 Å². The summed E-state index contributed by atoms with van der Waals surface area (Å²) in [4.78, 5) is 25.7. The first-order valence-corrected chi connectivity index (χ1v) is 7.35. The number of halogens is 3. The number of aromatic nitrogens is 2. The Morgan fingerprint density at radius 1 is 1.19 bits per heavy atom. The molecule has 140 valence electrons. The zero-order chi connectivity index (χ0) is 19.8. The van der Waals surface area contributed by atoms with Gasteiger partial charge in [0.1, 0.15) is 12.2 Å². The third-order valence-corrected chi connectivity index (χ3v) is 3.52. The number of aromatic hydroxyl groups is 1. The Kier molecular flexibility index (Phi) is 4.44. The van der Waals surface area contributed by atoms with Crippen LogP contribution in [0, 0.1) is 0 Å². The quantitative estimate of drug-likeness (QED) is 0.634. The fourth-order valence-electron chi connectivity index (χ4n) is 2.40. The van der Waals surface area contributed by atoms with Crippen molar-refractivity contribution in [1.29, 1.82) is 0 Å². The molecule has 0 saturated heterocycles.